The minimum absolute atomic E-state index is 0.0364. The maximum absolute atomic E-state index is 13.9. The summed E-state index contributed by atoms with van der Waals surface area (Å²) >= 11 is 8.89. The van der Waals surface area contributed by atoms with E-state index in [2.05, 4.69) is 15.9 Å². The Morgan fingerprint density at radius 1 is 1.50 bits per heavy atom. The molecule has 86 valence electrons. The van der Waals surface area contributed by atoms with E-state index in [0.717, 1.165) is 6.42 Å². The Bertz CT molecular complexity index is 458. The molecule has 16 heavy (non-hydrogen) atoms. The molecule has 0 aromatic heterocycles. The average molecular weight is 308 g/mol. The fourth-order valence-corrected chi connectivity index (χ4v) is 2.91. The topological polar surface area (TPSA) is 37.3 Å². The molecule has 0 aliphatic heterocycles. The van der Waals surface area contributed by atoms with Gasteiger partial charge < -0.3 is 5.11 Å². The first-order chi connectivity index (χ1) is 7.49. The molecule has 0 amide bonds. The molecule has 0 unspecified atom stereocenters. The van der Waals surface area contributed by atoms with E-state index in [1.54, 1.807) is 6.07 Å². The summed E-state index contributed by atoms with van der Waals surface area (Å²) in [5.74, 6) is -1.61. The highest BCUT2D eigenvalue weighted by atomic mass is 79.9. The first-order valence-corrected chi connectivity index (χ1v) is 6.03. The van der Waals surface area contributed by atoms with Gasteiger partial charge in [-0.05, 0) is 25.0 Å². The van der Waals surface area contributed by atoms with Crippen LogP contribution in [-0.2, 0) is 10.2 Å². The van der Waals surface area contributed by atoms with Gasteiger partial charge in [-0.1, -0.05) is 34.0 Å². The van der Waals surface area contributed by atoms with E-state index in [-0.39, 0.29) is 10.6 Å². The molecule has 2 rings (SSSR count). The highest BCUT2D eigenvalue weighted by Crippen LogP contribution is 2.48. The van der Waals surface area contributed by atoms with Crippen LogP contribution in [0.3, 0.4) is 0 Å². The third kappa shape index (κ3) is 1.55. The maximum atomic E-state index is 13.9. The van der Waals surface area contributed by atoms with Crippen LogP contribution in [0.25, 0.3) is 0 Å². The van der Waals surface area contributed by atoms with Crippen LogP contribution in [0.2, 0.25) is 5.02 Å². The van der Waals surface area contributed by atoms with Crippen LogP contribution >= 0.6 is 27.5 Å². The predicted octanol–water partition coefficient (Wildman–Crippen LogP) is 3.75. The van der Waals surface area contributed by atoms with E-state index >= 15 is 0 Å². The van der Waals surface area contributed by atoms with Crippen molar-refractivity contribution in [3.05, 3.63) is 33.0 Å². The quantitative estimate of drug-likeness (QED) is 0.845. The van der Waals surface area contributed by atoms with Crippen LogP contribution in [0, 0.1) is 5.82 Å². The fraction of sp³-hybridized carbons (Fsp3) is 0.364. The maximum Gasteiger partial charge on any atom is 0.314 e. The summed E-state index contributed by atoms with van der Waals surface area (Å²) in [5.41, 5.74) is -0.924. The zero-order valence-corrected chi connectivity index (χ0v) is 10.6. The van der Waals surface area contributed by atoms with Crippen molar-refractivity contribution in [3.63, 3.8) is 0 Å². The molecule has 1 aliphatic carbocycles. The molecule has 1 N–H and O–H groups in total. The first-order valence-electron chi connectivity index (χ1n) is 4.86. The summed E-state index contributed by atoms with van der Waals surface area (Å²) in [6, 6.07) is 3.00. The number of carboxylic acid groups (broad SMARTS) is 1. The van der Waals surface area contributed by atoms with Gasteiger partial charge in [-0.15, -0.1) is 0 Å². The summed E-state index contributed by atoms with van der Waals surface area (Å²) in [5, 5.41) is 9.21. The standard InChI is InChI=1S/C11H9BrClFO2/c12-6-2-3-7(13)9(14)8(6)11(10(15)16)4-1-5-11/h2-3H,1,4-5H2,(H,15,16). The molecule has 0 spiro atoms. The fourth-order valence-electron chi connectivity index (χ4n) is 2.07. The van der Waals surface area contributed by atoms with Crippen LogP contribution in [0.1, 0.15) is 24.8 Å². The molecule has 0 atom stereocenters. The average Bonchev–Trinajstić information content (AvgIpc) is 2.15. The van der Waals surface area contributed by atoms with Gasteiger partial charge in [0.05, 0.1) is 10.4 Å². The number of carbonyl (C=O) groups is 1. The monoisotopic (exact) mass is 306 g/mol. The van der Waals surface area contributed by atoms with Crippen molar-refractivity contribution in [1.29, 1.82) is 0 Å². The summed E-state index contributed by atoms with van der Waals surface area (Å²) in [6.45, 7) is 0. The summed E-state index contributed by atoms with van der Waals surface area (Å²) < 4.78 is 14.4. The van der Waals surface area contributed by atoms with Crippen LogP contribution in [0.4, 0.5) is 4.39 Å². The van der Waals surface area contributed by atoms with Crippen LogP contribution in [0.15, 0.2) is 16.6 Å². The predicted molar refractivity (Wildman–Crippen MR) is 62.3 cm³/mol. The van der Waals surface area contributed by atoms with Gasteiger partial charge in [-0.2, -0.15) is 0 Å². The largest absolute Gasteiger partial charge is 0.481 e. The van der Waals surface area contributed by atoms with Crippen LogP contribution in [0.5, 0.6) is 0 Å². The van der Waals surface area contributed by atoms with Crippen molar-refractivity contribution in [1.82, 2.24) is 0 Å². The minimum Gasteiger partial charge on any atom is -0.481 e. The summed E-state index contributed by atoms with van der Waals surface area (Å²) in [7, 11) is 0. The lowest BCUT2D eigenvalue weighted by Gasteiger charge is -2.38. The van der Waals surface area contributed by atoms with Crippen molar-refractivity contribution in [2.24, 2.45) is 0 Å². The molecule has 5 heteroatoms. The second-order valence-corrected chi connectivity index (χ2v) is 5.22. The lowest BCUT2D eigenvalue weighted by molar-refractivity contribution is -0.147. The molecule has 1 aromatic carbocycles. The second-order valence-electron chi connectivity index (χ2n) is 3.96. The van der Waals surface area contributed by atoms with E-state index < -0.39 is 17.2 Å². The van der Waals surface area contributed by atoms with Gasteiger partial charge in [0.2, 0.25) is 0 Å². The van der Waals surface area contributed by atoms with Gasteiger partial charge in [0.15, 0.2) is 0 Å². The number of hydrogen-bond acceptors (Lipinski definition) is 1. The zero-order chi connectivity index (χ0) is 11.9. The molecule has 0 bridgehead atoms. The lowest BCUT2D eigenvalue weighted by atomic mass is 9.64. The number of aliphatic carboxylic acids is 1. The molecule has 1 aliphatic rings. The van der Waals surface area contributed by atoms with Crippen LogP contribution < -0.4 is 0 Å². The number of halogens is 3. The van der Waals surface area contributed by atoms with Gasteiger partial charge in [0.1, 0.15) is 5.82 Å². The molecule has 1 aromatic rings. The third-order valence-electron chi connectivity index (χ3n) is 3.14. The molecular formula is C11H9BrClFO2. The molecule has 2 nitrogen and oxygen atoms in total. The van der Waals surface area contributed by atoms with E-state index in [0.29, 0.717) is 17.3 Å². The van der Waals surface area contributed by atoms with E-state index in [9.17, 15) is 14.3 Å². The van der Waals surface area contributed by atoms with Gasteiger partial charge in [-0.3, -0.25) is 4.79 Å². The Balaban J connectivity index is 2.63. The first kappa shape index (κ1) is 11.9. The van der Waals surface area contributed by atoms with Crippen molar-refractivity contribution in [2.45, 2.75) is 24.7 Å². The van der Waals surface area contributed by atoms with Gasteiger partial charge in [0, 0.05) is 10.0 Å². The number of hydrogen-bond donors (Lipinski definition) is 1. The minimum atomic E-state index is -1.10. The highest BCUT2D eigenvalue weighted by Gasteiger charge is 2.49. The molecule has 0 saturated heterocycles. The van der Waals surface area contributed by atoms with E-state index in [1.807, 2.05) is 0 Å². The Hall–Kier alpha value is -0.610. The number of rotatable bonds is 2. The second kappa shape index (κ2) is 4.00. The van der Waals surface area contributed by atoms with Gasteiger partial charge in [0.25, 0.3) is 0 Å². The highest BCUT2D eigenvalue weighted by molar-refractivity contribution is 9.10. The van der Waals surface area contributed by atoms with Crippen molar-refractivity contribution in [3.8, 4) is 0 Å². The number of benzene rings is 1. The van der Waals surface area contributed by atoms with Crippen molar-refractivity contribution >= 4 is 33.5 Å². The molecule has 1 fully saturated rings. The SMILES string of the molecule is O=C(O)C1(c2c(Br)ccc(Cl)c2F)CCC1. The van der Waals surface area contributed by atoms with Crippen LogP contribution in [-0.4, -0.2) is 11.1 Å². The Morgan fingerprint density at radius 2 is 2.12 bits per heavy atom. The molecular weight excluding hydrogens is 298 g/mol. The number of carboxylic acids is 1. The summed E-state index contributed by atoms with van der Waals surface area (Å²) in [4.78, 5) is 11.3. The smallest absolute Gasteiger partial charge is 0.314 e. The molecule has 0 heterocycles. The summed E-state index contributed by atoms with van der Waals surface area (Å²) in [6.07, 6.45) is 1.71. The van der Waals surface area contributed by atoms with E-state index in [1.165, 1.54) is 6.07 Å². The normalized spacial score (nSPS) is 17.9. The van der Waals surface area contributed by atoms with Crippen molar-refractivity contribution < 1.29 is 14.3 Å². The van der Waals surface area contributed by atoms with Gasteiger partial charge in [-0.25, -0.2) is 4.39 Å². The lowest BCUT2D eigenvalue weighted by Crippen LogP contribution is -2.43. The Kier molecular flexibility index (Phi) is 2.97. The molecule has 0 radical (unpaired) electrons. The third-order valence-corrected chi connectivity index (χ3v) is 4.09. The van der Waals surface area contributed by atoms with Gasteiger partial charge >= 0.3 is 5.97 Å². The zero-order valence-electron chi connectivity index (χ0n) is 8.27. The molecule has 1 saturated carbocycles. The van der Waals surface area contributed by atoms with E-state index in [4.69, 9.17) is 11.6 Å². The Labute approximate surface area is 106 Å². The van der Waals surface area contributed by atoms with Crippen molar-refractivity contribution in [2.75, 3.05) is 0 Å². The Morgan fingerprint density at radius 3 is 2.56 bits per heavy atom.